The van der Waals surface area contributed by atoms with E-state index < -0.39 is 11.6 Å². The molecule has 1 atom stereocenters. The first kappa shape index (κ1) is 21.6. The number of aryl methyl sites for hydroxylation is 1. The highest BCUT2D eigenvalue weighted by Gasteiger charge is 2.30. The van der Waals surface area contributed by atoms with Gasteiger partial charge in [-0.15, -0.1) is 0 Å². The van der Waals surface area contributed by atoms with E-state index in [1.807, 2.05) is 0 Å². The van der Waals surface area contributed by atoms with E-state index in [1.54, 1.807) is 6.92 Å². The van der Waals surface area contributed by atoms with Gasteiger partial charge in [-0.05, 0) is 79.9 Å². The Hall–Kier alpha value is -1.58. The maximum Gasteiger partial charge on any atom is 0.204 e. The Bertz CT molecular complexity index is 761. The molecule has 3 aliphatic carbocycles. The van der Waals surface area contributed by atoms with Crippen LogP contribution in [0.25, 0.3) is 0 Å². The van der Waals surface area contributed by atoms with Gasteiger partial charge in [-0.2, -0.15) is 8.78 Å². The van der Waals surface area contributed by atoms with E-state index >= 15 is 0 Å². The molecular weight excluding hydrogens is 382 g/mol. The molecule has 166 valence electrons. The maximum absolute atomic E-state index is 14.3. The van der Waals surface area contributed by atoms with Gasteiger partial charge >= 0.3 is 0 Å². The zero-order valence-electron chi connectivity index (χ0n) is 18.5. The standard InChI is InChI=1S/C26H36F2O2/c1-17-15-23(29-2)24(27)25(28)26(17)30-16-20-9-13-22(14-10-20)21-11-7-19(8-12-21)6-5-18-3-4-18/h9,15,18-19,21-22H,3-8,10-14,16H2,1-2H3. The number of ether oxygens (including phenoxy) is 2. The van der Waals surface area contributed by atoms with E-state index in [0.29, 0.717) is 12.2 Å². The first-order chi connectivity index (χ1) is 14.5. The van der Waals surface area contributed by atoms with E-state index in [1.165, 1.54) is 76.5 Å². The Morgan fingerprint density at radius 3 is 2.13 bits per heavy atom. The monoisotopic (exact) mass is 418 g/mol. The molecule has 0 heterocycles. The highest BCUT2D eigenvalue weighted by molar-refractivity contribution is 5.42. The summed E-state index contributed by atoms with van der Waals surface area (Å²) in [5, 5.41) is 0. The molecular formula is C26H36F2O2. The van der Waals surface area contributed by atoms with Crippen LogP contribution in [-0.4, -0.2) is 13.7 Å². The zero-order chi connectivity index (χ0) is 21.1. The Kier molecular flexibility index (Phi) is 7.00. The lowest BCUT2D eigenvalue weighted by atomic mass is 9.70. The third-order valence-corrected chi connectivity index (χ3v) is 7.72. The maximum atomic E-state index is 14.3. The summed E-state index contributed by atoms with van der Waals surface area (Å²) in [5.74, 6) is 1.68. The molecule has 0 radical (unpaired) electrons. The van der Waals surface area contributed by atoms with Crippen molar-refractivity contribution < 1.29 is 18.3 Å². The van der Waals surface area contributed by atoms with Gasteiger partial charge in [-0.25, -0.2) is 0 Å². The van der Waals surface area contributed by atoms with E-state index in [4.69, 9.17) is 9.47 Å². The lowest BCUT2D eigenvalue weighted by Gasteiger charge is -2.35. The van der Waals surface area contributed by atoms with Gasteiger partial charge in [-0.1, -0.05) is 44.6 Å². The Morgan fingerprint density at radius 1 is 0.900 bits per heavy atom. The summed E-state index contributed by atoms with van der Waals surface area (Å²) < 4.78 is 38.9. The summed E-state index contributed by atoms with van der Waals surface area (Å²) in [7, 11) is 1.34. The molecule has 1 aromatic rings. The number of allylic oxidation sites excluding steroid dienone is 1. The van der Waals surface area contributed by atoms with Crippen molar-refractivity contribution in [3.8, 4) is 11.5 Å². The molecule has 3 aliphatic rings. The van der Waals surface area contributed by atoms with Gasteiger partial charge in [-0.3, -0.25) is 0 Å². The van der Waals surface area contributed by atoms with Crippen molar-refractivity contribution in [2.24, 2.45) is 23.7 Å². The van der Waals surface area contributed by atoms with Gasteiger partial charge in [0.25, 0.3) is 0 Å². The van der Waals surface area contributed by atoms with Gasteiger partial charge in [0.15, 0.2) is 11.5 Å². The van der Waals surface area contributed by atoms with E-state index in [0.717, 1.165) is 36.5 Å². The third-order valence-electron chi connectivity index (χ3n) is 7.72. The van der Waals surface area contributed by atoms with Crippen molar-refractivity contribution in [1.82, 2.24) is 0 Å². The van der Waals surface area contributed by atoms with E-state index in [-0.39, 0.29) is 11.5 Å². The summed E-state index contributed by atoms with van der Waals surface area (Å²) in [6, 6.07) is 1.49. The number of hydrogen-bond acceptors (Lipinski definition) is 2. The van der Waals surface area contributed by atoms with Crippen molar-refractivity contribution >= 4 is 0 Å². The molecule has 30 heavy (non-hydrogen) atoms. The van der Waals surface area contributed by atoms with Crippen LogP contribution < -0.4 is 9.47 Å². The minimum Gasteiger partial charge on any atom is -0.494 e. The second-order valence-corrected chi connectivity index (χ2v) is 9.84. The summed E-state index contributed by atoms with van der Waals surface area (Å²) >= 11 is 0. The van der Waals surface area contributed by atoms with Gasteiger partial charge in [0.05, 0.1) is 7.11 Å². The van der Waals surface area contributed by atoms with Crippen LogP contribution in [0, 0.1) is 42.2 Å². The number of benzene rings is 1. The average Bonchev–Trinajstić information content (AvgIpc) is 3.60. The van der Waals surface area contributed by atoms with Crippen molar-refractivity contribution in [2.75, 3.05) is 13.7 Å². The molecule has 0 N–H and O–H groups in total. The molecule has 1 unspecified atom stereocenters. The SMILES string of the molecule is COc1cc(C)c(OCC2=CCC(C3CCC(CCC4CC4)CC3)CC2)c(F)c1F. The predicted molar refractivity (Wildman–Crippen MR) is 116 cm³/mol. The highest BCUT2D eigenvalue weighted by Crippen LogP contribution is 2.43. The summed E-state index contributed by atoms with van der Waals surface area (Å²) in [5.41, 5.74) is 1.76. The molecule has 0 spiro atoms. The second-order valence-electron chi connectivity index (χ2n) is 9.84. The molecule has 4 rings (SSSR count). The fraction of sp³-hybridized carbons (Fsp3) is 0.692. The van der Waals surface area contributed by atoms with Gasteiger partial charge in [0, 0.05) is 0 Å². The fourth-order valence-electron chi connectivity index (χ4n) is 5.49. The largest absolute Gasteiger partial charge is 0.494 e. The minimum absolute atomic E-state index is 0.000781. The molecule has 0 aliphatic heterocycles. The fourth-order valence-corrected chi connectivity index (χ4v) is 5.49. The van der Waals surface area contributed by atoms with E-state index in [2.05, 4.69) is 6.08 Å². The number of methoxy groups -OCH3 is 1. The molecule has 0 bridgehead atoms. The van der Waals surface area contributed by atoms with Crippen LogP contribution in [0.4, 0.5) is 8.78 Å². The molecule has 1 aromatic carbocycles. The van der Waals surface area contributed by atoms with Crippen LogP contribution in [0.1, 0.15) is 76.2 Å². The predicted octanol–water partition coefficient (Wildman–Crippen LogP) is 7.38. The number of hydrogen-bond donors (Lipinski definition) is 0. The van der Waals surface area contributed by atoms with Crippen molar-refractivity contribution in [3.05, 3.63) is 34.9 Å². The van der Waals surface area contributed by atoms with Crippen molar-refractivity contribution in [2.45, 2.75) is 77.6 Å². The Balaban J connectivity index is 1.24. The lowest BCUT2D eigenvalue weighted by Crippen LogP contribution is -2.24. The van der Waals surface area contributed by atoms with Crippen LogP contribution in [-0.2, 0) is 0 Å². The molecule has 4 heteroatoms. The van der Waals surface area contributed by atoms with E-state index in [9.17, 15) is 8.78 Å². The topological polar surface area (TPSA) is 18.5 Å². The first-order valence-corrected chi connectivity index (χ1v) is 11.9. The highest BCUT2D eigenvalue weighted by atomic mass is 19.2. The molecule has 0 aromatic heterocycles. The van der Waals surface area contributed by atoms with Crippen LogP contribution in [0.3, 0.4) is 0 Å². The first-order valence-electron chi connectivity index (χ1n) is 11.9. The van der Waals surface area contributed by atoms with Crippen LogP contribution >= 0.6 is 0 Å². The molecule has 0 amide bonds. The summed E-state index contributed by atoms with van der Waals surface area (Å²) in [4.78, 5) is 0. The molecule has 0 saturated heterocycles. The Labute approximate surface area is 180 Å². The summed E-state index contributed by atoms with van der Waals surface area (Å²) in [6.45, 7) is 2.05. The van der Waals surface area contributed by atoms with Gasteiger partial charge < -0.3 is 9.47 Å². The average molecular weight is 419 g/mol. The van der Waals surface area contributed by atoms with Crippen molar-refractivity contribution in [3.63, 3.8) is 0 Å². The number of rotatable bonds is 8. The smallest absolute Gasteiger partial charge is 0.204 e. The quantitative estimate of drug-likeness (QED) is 0.410. The third kappa shape index (κ3) is 5.18. The molecule has 2 fully saturated rings. The normalized spacial score (nSPS) is 26.9. The van der Waals surface area contributed by atoms with Crippen LogP contribution in [0.5, 0.6) is 11.5 Å². The zero-order valence-corrected chi connectivity index (χ0v) is 18.5. The van der Waals surface area contributed by atoms with Gasteiger partial charge in [0.2, 0.25) is 11.6 Å². The second kappa shape index (κ2) is 9.70. The van der Waals surface area contributed by atoms with Crippen LogP contribution in [0.2, 0.25) is 0 Å². The molecule has 2 nitrogen and oxygen atoms in total. The molecule has 2 saturated carbocycles. The summed E-state index contributed by atoms with van der Waals surface area (Å²) in [6.07, 6.45) is 17.2. The van der Waals surface area contributed by atoms with Crippen molar-refractivity contribution in [1.29, 1.82) is 0 Å². The van der Waals surface area contributed by atoms with Gasteiger partial charge in [0.1, 0.15) is 6.61 Å². The Morgan fingerprint density at radius 2 is 1.57 bits per heavy atom. The minimum atomic E-state index is -0.983. The van der Waals surface area contributed by atoms with Crippen LogP contribution in [0.15, 0.2) is 17.7 Å². The lowest BCUT2D eigenvalue weighted by molar-refractivity contribution is 0.182. The number of halogens is 2.